The van der Waals surface area contributed by atoms with Crippen molar-refractivity contribution in [3.63, 3.8) is 0 Å². The van der Waals surface area contributed by atoms with Crippen LogP contribution in [0.5, 0.6) is 0 Å². The molecular weight excluding hydrogens is 312 g/mol. The summed E-state index contributed by atoms with van der Waals surface area (Å²) in [6.07, 6.45) is 10.0. The van der Waals surface area contributed by atoms with E-state index in [9.17, 15) is 4.79 Å². The molecule has 0 bridgehead atoms. The lowest BCUT2D eigenvalue weighted by molar-refractivity contribution is -0.131. The van der Waals surface area contributed by atoms with Gasteiger partial charge in [0.05, 0.1) is 12.2 Å². The molecule has 0 amide bonds. The number of carboxylic acids is 1. The highest BCUT2D eigenvalue weighted by atomic mass is 16.5. The average Bonchev–Trinajstić information content (AvgIpc) is 2.86. The molecule has 25 heavy (non-hydrogen) atoms. The van der Waals surface area contributed by atoms with Crippen LogP contribution < -0.4 is 0 Å². The Balaban J connectivity index is 2.21. The Bertz CT molecular complexity index is 740. The third-order valence-electron chi connectivity index (χ3n) is 7.13. The summed E-state index contributed by atoms with van der Waals surface area (Å²) in [6.45, 7) is 15.3. The number of aliphatic carboxylic acids is 1. The summed E-state index contributed by atoms with van der Waals surface area (Å²) >= 11 is 0. The number of rotatable bonds is 3. The van der Waals surface area contributed by atoms with E-state index in [0.717, 1.165) is 0 Å². The van der Waals surface area contributed by atoms with Crippen molar-refractivity contribution in [1.82, 2.24) is 0 Å². The van der Waals surface area contributed by atoms with Crippen LogP contribution in [0.25, 0.3) is 0 Å². The van der Waals surface area contributed by atoms with Gasteiger partial charge in [0, 0.05) is 28.2 Å². The van der Waals surface area contributed by atoms with Crippen LogP contribution in [0, 0.1) is 22.2 Å². The van der Waals surface area contributed by atoms with Gasteiger partial charge in [0.1, 0.15) is 0 Å². The molecule has 3 heteroatoms. The predicted octanol–water partition coefficient (Wildman–Crippen LogP) is 4.92. The number of hydrogen-bond acceptors (Lipinski definition) is 2. The van der Waals surface area contributed by atoms with Gasteiger partial charge in [0.2, 0.25) is 0 Å². The molecule has 0 saturated carbocycles. The predicted molar refractivity (Wildman–Crippen MR) is 100 cm³/mol. The fourth-order valence-corrected chi connectivity index (χ4v) is 6.20. The Morgan fingerprint density at radius 3 is 2.40 bits per heavy atom. The molecule has 1 aliphatic heterocycles. The molecule has 3 nitrogen and oxygen atoms in total. The molecule has 0 unspecified atom stereocenters. The van der Waals surface area contributed by atoms with E-state index in [2.05, 4.69) is 66.7 Å². The van der Waals surface area contributed by atoms with Crippen molar-refractivity contribution in [3.8, 4) is 0 Å². The number of hydrogen-bond donors (Lipinski definition) is 1. The quantitative estimate of drug-likeness (QED) is 0.585. The van der Waals surface area contributed by atoms with Gasteiger partial charge in [-0.15, -0.1) is 0 Å². The first kappa shape index (κ1) is 18.2. The molecule has 1 heterocycles. The third kappa shape index (κ3) is 2.18. The van der Waals surface area contributed by atoms with Gasteiger partial charge in [-0.3, -0.25) is 0 Å². The zero-order chi connectivity index (χ0) is 18.8. The molecule has 0 radical (unpaired) electrons. The molecule has 2 aliphatic carbocycles. The summed E-state index contributed by atoms with van der Waals surface area (Å²) in [5.74, 6) is -0.670. The lowest BCUT2D eigenvalue weighted by Gasteiger charge is -2.52. The molecule has 3 rings (SSSR count). The maximum absolute atomic E-state index is 11.1. The standard InChI is InChI=1S/C22H30O3/c1-8-13(2)18-21(6)12-14(3)17-20(5,10-9-16(23)24)11-15(4)19(25-18)22(17,21)7/h8-12,17-19H,1-7H3,(H,23,24)/b10-9+,13-8+/t17-,18+,19+,20-,21+,22-/m0/s1. The van der Waals surface area contributed by atoms with E-state index in [1.807, 2.05) is 6.08 Å². The SMILES string of the molecule is C/C=C(\C)[C@H]1O[C@@H]2C(C)=C[C@](C)(/C=C/C(=O)O)[C@@H]3C(C)=C[C@@]1(C)[C@]23C. The van der Waals surface area contributed by atoms with Crippen LogP contribution in [0.3, 0.4) is 0 Å². The molecule has 1 fully saturated rings. The van der Waals surface area contributed by atoms with Crippen molar-refractivity contribution in [2.75, 3.05) is 0 Å². The summed E-state index contributed by atoms with van der Waals surface area (Å²) in [7, 11) is 0. The molecule has 3 aliphatic rings. The van der Waals surface area contributed by atoms with Crippen molar-refractivity contribution in [2.24, 2.45) is 22.2 Å². The summed E-state index contributed by atoms with van der Waals surface area (Å²) in [4.78, 5) is 11.1. The second kappa shape index (κ2) is 5.44. The maximum Gasteiger partial charge on any atom is 0.328 e. The Morgan fingerprint density at radius 1 is 1.20 bits per heavy atom. The highest BCUT2D eigenvalue weighted by Crippen LogP contribution is 2.71. The molecule has 0 spiro atoms. The number of allylic oxidation sites excluding steroid dienone is 4. The van der Waals surface area contributed by atoms with Crippen molar-refractivity contribution in [3.05, 3.63) is 47.1 Å². The van der Waals surface area contributed by atoms with Gasteiger partial charge in [-0.05, 0) is 38.8 Å². The normalized spacial score (nSPS) is 46.2. The minimum absolute atomic E-state index is 0.0570. The van der Waals surface area contributed by atoms with Gasteiger partial charge in [-0.1, -0.05) is 50.6 Å². The number of carboxylic acid groups (broad SMARTS) is 1. The lowest BCUT2D eigenvalue weighted by atomic mass is 9.50. The van der Waals surface area contributed by atoms with Crippen LogP contribution >= 0.6 is 0 Å². The molecule has 0 aromatic carbocycles. The Labute approximate surface area is 151 Å². The van der Waals surface area contributed by atoms with Crippen LogP contribution in [0.1, 0.15) is 48.5 Å². The van der Waals surface area contributed by atoms with Crippen molar-refractivity contribution in [2.45, 2.75) is 60.7 Å². The fraction of sp³-hybridized carbons (Fsp3) is 0.591. The van der Waals surface area contributed by atoms with Gasteiger partial charge >= 0.3 is 5.97 Å². The molecule has 0 aromatic heterocycles. The lowest BCUT2D eigenvalue weighted by Crippen LogP contribution is -2.51. The van der Waals surface area contributed by atoms with Crippen LogP contribution in [-0.4, -0.2) is 23.3 Å². The van der Waals surface area contributed by atoms with E-state index in [0.29, 0.717) is 0 Å². The second-order valence-electron chi connectivity index (χ2n) is 8.74. The maximum atomic E-state index is 11.1. The summed E-state index contributed by atoms with van der Waals surface area (Å²) in [5, 5.41) is 9.15. The summed E-state index contributed by atoms with van der Waals surface area (Å²) < 4.78 is 6.62. The van der Waals surface area contributed by atoms with Crippen molar-refractivity contribution in [1.29, 1.82) is 0 Å². The first-order valence-corrected chi connectivity index (χ1v) is 9.10. The topological polar surface area (TPSA) is 46.5 Å². The van der Waals surface area contributed by atoms with E-state index in [-0.39, 0.29) is 34.4 Å². The van der Waals surface area contributed by atoms with E-state index < -0.39 is 5.97 Å². The minimum Gasteiger partial charge on any atom is -0.478 e. The first-order valence-electron chi connectivity index (χ1n) is 9.10. The fourth-order valence-electron chi connectivity index (χ4n) is 6.20. The summed E-state index contributed by atoms with van der Waals surface area (Å²) in [5.41, 5.74) is 3.29. The van der Waals surface area contributed by atoms with Crippen molar-refractivity contribution >= 4 is 5.97 Å². The van der Waals surface area contributed by atoms with Crippen molar-refractivity contribution < 1.29 is 14.6 Å². The van der Waals surface area contributed by atoms with Gasteiger partial charge in [0.25, 0.3) is 0 Å². The number of carbonyl (C=O) groups is 1. The third-order valence-corrected chi connectivity index (χ3v) is 7.13. The van der Waals surface area contributed by atoms with E-state index in [1.54, 1.807) is 0 Å². The van der Waals surface area contributed by atoms with Gasteiger partial charge < -0.3 is 9.84 Å². The van der Waals surface area contributed by atoms with Crippen LogP contribution in [0.4, 0.5) is 0 Å². The molecule has 1 N–H and O–H groups in total. The zero-order valence-electron chi connectivity index (χ0n) is 16.4. The highest BCUT2D eigenvalue weighted by molar-refractivity contribution is 5.80. The van der Waals surface area contributed by atoms with Crippen LogP contribution in [-0.2, 0) is 9.53 Å². The van der Waals surface area contributed by atoms with Gasteiger partial charge in [0.15, 0.2) is 0 Å². The average molecular weight is 342 g/mol. The summed E-state index contributed by atoms with van der Waals surface area (Å²) in [6, 6.07) is 0. The Morgan fingerprint density at radius 2 is 1.84 bits per heavy atom. The zero-order valence-corrected chi connectivity index (χ0v) is 16.4. The van der Waals surface area contributed by atoms with Gasteiger partial charge in [-0.2, -0.15) is 0 Å². The van der Waals surface area contributed by atoms with Crippen LogP contribution in [0.15, 0.2) is 47.1 Å². The van der Waals surface area contributed by atoms with E-state index >= 15 is 0 Å². The first-order chi connectivity index (χ1) is 11.5. The van der Waals surface area contributed by atoms with Crippen LogP contribution in [0.2, 0.25) is 0 Å². The second-order valence-corrected chi connectivity index (χ2v) is 8.74. The minimum atomic E-state index is -0.896. The largest absolute Gasteiger partial charge is 0.478 e. The van der Waals surface area contributed by atoms with E-state index in [1.165, 1.54) is 22.8 Å². The number of ether oxygens (including phenoxy) is 1. The Hall–Kier alpha value is -1.61. The molecule has 1 saturated heterocycles. The van der Waals surface area contributed by atoms with E-state index in [4.69, 9.17) is 9.84 Å². The molecular formula is C22H30O3. The molecule has 6 atom stereocenters. The molecule has 136 valence electrons. The Kier molecular flexibility index (Phi) is 3.96. The monoisotopic (exact) mass is 342 g/mol. The molecule has 0 aromatic rings. The highest BCUT2D eigenvalue weighted by Gasteiger charge is 2.70. The van der Waals surface area contributed by atoms with Gasteiger partial charge in [-0.25, -0.2) is 4.79 Å². The smallest absolute Gasteiger partial charge is 0.328 e.